The zero-order chi connectivity index (χ0) is 30.0. The molecule has 0 aromatic heterocycles. The zero-order valence-electron chi connectivity index (χ0n) is 22.2. The first-order chi connectivity index (χ1) is 20.8. The van der Waals surface area contributed by atoms with Gasteiger partial charge >= 0.3 is 0 Å². The molecule has 4 aliphatic rings. The van der Waals surface area contributed by atoms with Crippen LogP contribution in [0.25, 0.3) is 0 Å². The van der Waals surface area contributed by atoms with Gasteiger partial charge in [0.05, 0.1) is 27.7 Å². The minimum Gasteiger partial charge on any atom is -0.507 e. The number of aromatic hydroxyl groups is 1. The van der Waals surface area contributed by atoms with Crippen molar-refractivity contribution in [2.24, 2.45) is 16.9 Å². The molecule has 4 aromatic carbocycles. The van der Waals surface area contributed by atoms with Gasteiger partial charge in [-0.05, 0) is 46.5 Å². The van der Waals surface area contributed by atoms with E-state index in [2.05, 4.69) is 10.5 Å². The van der Waals surface area contributed by atoms with Gasteiger partial charge in [-0.1, -0.05) is 72.3 Å². The summed E-state index contributed by atoms with van der Waals surface area (Å²) in [5, 5.41) is 26.5. The van der Waals surface area contributed by atoms with Crippen LogP contribution in [-0.4, -0.2) is 34.0 Å². The molecule has 4 aromatic rings. The van der Waals surface area contributed by atoms with Crippen LogP contribution in [0.5, 0.6) is 5.75 Å². The average molecular weight is 593 g/mol. The Morgan fingerprint density at radius 1 is 0.953 bits per heavy atom. The Morgan fingerprint density at radius 2 is 1.58 bits per heavy atom. The molecule has 212 valence electrons. The number of hydrogen-bond donors (Lipinski definition) is 2. The maximum Gasteiger partial charge on any atom is 0.294 e. The molecule has 2 atom stereocenters. The normalized spacial score (nSPS) is 23.2. The summed E-state index contributed by atoms with van der Waals surface area (Å²) in [6, 6.07) is 24.7. The minimum absolute atomic E-state index is 0.0107. The number of para-hydroxylation sites is 1. The lowest BCUT2D eigenvalue weighted by atomic mass is 9.47. The van der Waals surface area contributed by atoms with Gasteiger partial charge in [0.25, 0.3) is 11.6 Å². The highest BCUT2D eigenvalue weighted by Gasteiger charge is 2.68. The molecule has 2 unspecified atom stereocenters. The summed E-state index contributed by atoms with van der Waals surface area (Å²) < 4.78 is 0. The SMILES string of the molecule is O=C(NN=CC12c3ccccc3C(c3ccccc31)C1C(=O)N(c3ccc(Cl)cc3[N+](=O)[O-])C(=O)C12)c1ccccc1O. The van der Waals surface area contributed by atoms with E-state index in [0.29, 0.717) is 0 Å². The predicted octanol–water partition coefficient (Wildman–Crippen LogP) is 4.92. The predicted molar refractivity (Wildman–Crippen MR) is 157 cm³/mol. The van der Waals surface area contributed by atoms with Crippen LogP contribution < -0.4 is 10.3 Å². The number of carbonyl (C=O) groups excluding carboxylic acids is 3. The van der Waals surface area contributed by atoms with Crippen LogP contribution in [-0.2, 0) is 15.0 Å². The van der Waals surface area contributed by atoms with Crippen molar-refractivity contribution in [1.29, 1.82) is 0 Å². The molecule has 1 saturated heterocycles. The van der Waals surface area contributed by atoms with Gasteiger partial charge in [0.15, 0.2) is 0 Å². The summed E-state index contributed by atoms with van der Waals surface area (Å²) in [4.78, 5) is 53.9. The molecule has 43 heavy (non-hydrogen) atoms. The summed E-state index contributed by atoms with van der Waals surface area (Å²) in [5.74, 6) is -4.47. The third kappa shape index (κ3) is 3.66. The van der Waals surface area contributed by atoms with Crippen molar-refractivity contribution < 1.29 is 24.4 Å². The van der Waals surface area contributed by atoms with Crippen LogP contribution in [0.4, 0.5) is 11.4 Å². The van der Waals surface area contributed by atoms with E-state index in [-0.39, 0.29) is 22.0 Å². The molecule has 2 N–H and O–H groups in total. The van der Waals surface area contributed by atoms with Crippen LogP contribution >= 0.6 is 11.6 Å². The molecule has 11 heteroatoms. The number of hydrogen-bond acceptors (Lipinski definition) is 7. The lowest BCUT2D eigenvalue weighted by Gasteiger charge is -2.52. The number of nitrogens with zero attached hydrogens (tertiary/aromatic N) is 3. The van der Waals surface area contributed by atoms with E-state index in [9.17, 15) is 29.6 Å². The number of phenolic OH excluding ortho intramolecular Hbond substituents is 1. The number of rotatable bonds is 5. The Balaban J connectivity index is 1.42. The molecule has 0 saturated carbocycles. The Morgan fingerprint density at radius 3 is 2.23 bits per heavy atom. The van der Waals surface area contributed by atoms with Gasteiger partial charge in [0.2, 0.25) is 11.8 Å². The summed E-state index contributed by atoms with van der Waals surface area (Å²) in [7, 11) is 0. The molecule has 8 rings (SSSR count). The van der Waals surface area contributed by atoms with Crippen molar-refractivity contribution in [3.63, 3.8) is 0 Å². The molecular weight excluding hydrogens is 572 g/mol. The van der Waals surface area contributed by atoms with Crippen molar-refractivity contribution >= 4 is 46.9 Å². The van der Waals surface area contributed by atoms with Crippen molar-refractivity contribution in [2.75, 3.05) is 4.90 Å². The van der Waals surface area contributed by atoms with Gasteiger partial charge < -0.3 is 5.11 Å². The summed E-state index contributed by atoms with van der Waals surface area (Å²) >= 11 is 6.04. The molecule has 3 amide bonds. The molecule has 1 aliphatic heterocycles. The van der Waals surface area contributed by atoms with E-state index in [1.807, 2.05) is 48.5 Å². The number of nitrogens with one attached hydrogen (secondary N) is 1. The smallest absolute Gasteiger partial charge is 0.294 e. The lowest BCUT2D eigenvalue weighted by Crippen LogP contribution is -2.54. The second-order valence-corrected chi connectivity index (χ2v) is 11.1. The lowest BCUT2D eigenvalue weighted by molar-refractivity contribution is -0.384. The molecule has 0 radical (unpaired) electrons. The van der Waals surface area contributed by atoms with Crippen LogP contribution in [0.1, 0.15) is 38.5 Å². The van der Waals surface area contributed by atoms with Crippen LogP contribution in [0.3, 0.4) is 0 Å². The number of benzene rings is 4. The second kappa shape index (κ2) is 9.60. The van der Waals surface area contributed by atoms with Gasteiger partial charge in [0, 0.05) is 23.2 Å². The highest BCUT2D eigenvalue weighted by atomic mass is 35.5. The fraction of sp³-hybridized carbons (Fsp3) is 0.125. The molecule has 0 spiro atoms. The fourth-order valence-corrected chi connectivity index (χ4v) is 7.20. The van der Waals surface area contributed by atoms with Gasteiger partial charge in [-0.3, -0.25) is 24.5 Å². The molecule has 1 fully saturated rings. The van der Waals surface area contributed by atoms with E-state index in [1.54, 1.807) is 12.1 Å². The van der Waals surface area contributed by atoms with Gasteiger partial charge in [-0.15, -0.1) is 0 Å². The topological polar surface area (TPSA) is 142 Å². The Hall–Kier alpha value is -5.35. The maximum atomic E-state index is 14.5. The van der Waals surface area contributed by atoms with E-state index >= 15 is 0 Å². The number of nitro benzene ring substituents is 1. The van der Waals surface area contributed by atoms with Crippen molar-refractivity contribution in [3.05, 3.63) is 134 Å². The van der Waals surface area contributed by atoms with Crippen molar-refractivity contribution in [2.45, 2.75) is 11.3 Å². The number of imide groups is 1. The summed E-state index contributed by atoms with van der Waals surface area (Å²) in [5.41, 5.74) is 3.69. The van der Waals surface area contributed by atoms with Crippen LogP contribution in [0.15, 0.2) is 96.1 Å². The third-order valence-electron chi connectivity index (χ3n) is 8.64. The monoisotopic (exact) mass is 592 g/mol. The highest BCUT2D eigenvalue weighted by Crippen LogP contribution is 2.64. The summed E-state index contributed by atoms with van der Waals surface area (Å²) in [6.45, 7) is 0. The third-order valence-corrected chi connectivity index (χ3v) is 8.88. The number of halogens is 1. The average Bonchev–Trinajstić information content (AvgIpc) is 3.28. The van der Waals surface area contributed by atoms with E-state index < -0.39 is 51.5 Å². The number of hydrazone groups is 1. The molecule has 2 bridgehead atoms. The van der Waals surface area contributed by atoms with Crippen molar-refractivity contribution in [1.82, 2.24) is 5.43 Å². The molecular formula is C32H21ClN4O6. The Kier molecular flexibility index (Phi) is 5.93. The fourth-order valence-electron chi connectivity index (χ4n) is 7.04. The highest BCUT2D eigenvalue weighted by molar-refractivity contribution is 6.31. The van der Waals surface area contributed by atoms with Gasteiger partial charge in [-0.25, -0.2) is 10.3 Å². The second-order valence-electron chi connectivity index (χ2n) is 10.6. The summed E-state index contributed by atoms with van der Waals surface area (Å²) in [6.07, 6.45) is 1.47. The number of nitro groups is 1. The number of phenols is 1. The van der Waals surface area contributed by atoms with Crippen molar-refractivity contribution in [3.8, 4) is 5.75 Å². The largest absolute Gasteiger partial charge is 0.507 e. The first kappa shape index (κ1) is 26.5. The number of amides is 3. The standard InChI is InChI=1S/C32H21ClN4O6/c33-17-13-14-23(24(15-17)37(42)43)36-30(40)27-26-18-7-1-4-10-21(18)32(28(27)31(36)41,22-11-5-2-8-19(22)26)16-34-35-29(39)20-9-3-6-12-25(20)38/h1-16,26-28,38H,(H,35,39). The molecule has 3 aliphatic carbocycles. The zero-order valence-corrected chi connectivity index (χ0v) is 22.9. The first-order valence-corrected chi connectivity index (χ1v) is 13.8. The number of carbonyl (C=O) groups is 3. The van der Waals surface area contributed by atoms with E-state index in [4.69, 9.17) is 11.6 Å². The van der Waals surface area contributed by atoms with Crippen LogP contribution in [0.2, 0.25) is 5.02 Å². The molecule has 10 nitrogen and oxygen atoms in total. The van der Waals surface area contributed by atoms with Gasteiger partial charge in [-0.2, -0.15) is 5.10 Å². The number of anilines is 1. The van der Waals surface area contributed by atoms with Crippen LogP contribution in [0, 0.1) is 22.0 Å². The maximum absolute atomic E-state index is 14.5. The quantitative estimate of drug-likeness (QED) is 0.146. The van der Waals surface area contributed by atoms with E-state index in [1.165, 1.54) is 30.5 Å². The minimum atomic E-state index is -1.30. The molecule has 1 heterocycles. The Bertz CT molecular complexity index is 1880. The first-order valence-electron chi connectivity index (χ1n) is 13.4. The van der Waals surface area contributed by atoms with Gasteiger partial charge in [0.1, 0.15) is 11.4 Å². The Labute approximate surface area is 249 Å². The van der Waals surface area contributed by atoms with E-state index in [0.717, 1.165) is 33.2 Å².